The Balaban J connectivity index is 1.51. The van der Waals surface area contributed by atoms with Gasteiger partial charge in [0, 0.05) is 18.8 Å². The number of hydrogen-bond acceptors (Lipinski definition) is 8. The van der Waals surface area contributed by atoms with Crippen molar-refractivity contribution in [1.29, 1.82) is 0 Å². The van der Waals surface area contributed by atoms with Gasteiger partial charge in [0.25, 0.3) is 0 Å². The van der Waals surface area contributed by atoms with E-state index in [-0.39, 0.29) is 29.4 Å². The van der Waals surface area contributed by atoms with Gasteiger partial charge in [-0.3, -0.25) is 14.7 Å². The van der Waals surface area contributed by atoms with Crippen molar-refractivity contribution in [2.75, 3.05) is 24.4 Å². The van der Waals surface area contributed by atoms with Crippen LogP contribution in [0.4, 0.5) is 5.13 Å². The maximum atomic E-state index is 13.3. The van der Waals surface area contributed by atoms with Crippen LogP contribution < -0.4 is 14.4 Å². The minimum Gasteiger partial charge on any atom is -0.497 e. The molecule has 36 heavy (non-hydrogen) atoms. The number of pyridine rings is 1. The van der Waals surface area contributed by atoms with Gasteiger partial charge < -0.3 is 9.47 Å². The molecule has 0 aliphatic carbocycles. The molecule has 0 aliphatic rings. The van der Waals surface area contributed by atoms with Crippen molar-refractivity contribution >= 4 is 42.4 Å². The predicted molar refractivity (Wildman–Crippen MR) is 140 cm³/mol. The summed E-state index contributed by atoms with van der Waals surface area (Å²) in [6.45, 7) is 2.79. The summed E-state index contributed by atoms with van der Waals surface area (Å²) in [6, 6.07) is 15.6. The van der Waals surface area contributed by atoms with E-state index in [2.05, 4.69) is 9.97 Å². The number of thiazole rings is 1. The number of ether oxygens (including phenoxy) is 2. The fraction of sp³-hybridized carbons (Fsp3) is 0.269. The lowest BCUT2D eigenvalue weighted by Gasteiger charge is -2.20. The highest BCUT2D eigenvalue weighted by Gasteiger charge is 2.22. The molecule has 2 aromatic heterocycles. The number of aromatic nitrogens is 2. The Labute approximate surface area is 214 Å². The summed E-state index contributed by atoms with van der Waals surface area (Å²) in [7, 11) is -2.00. The van der Waals surface area contributed by atoms with E-state index < -0.39 is 9.84 Å². The van der Waals surface area contributed by atoms with Crippen LogP contribution in [0.1, 0.15) is 25.3 Å². The van der Waals surface area contributed by atoms with Crippen LogP contribution in [0.2, 0.25) is 0 Å². The van der Waals surface area contributed by atoms with Gasteiger partial charge in [-0.25, -0.2) is 13.4 Å². The quantitative estimate of drug-likeness (QED) is 0.275. The molecule has 0 radical (unpaired) electrons. The Morgan fingerprint density at radius 3 is 2.44 bits per heavy atom. The van der Waals surface area contributed by atoms with Crippen LogP contribution in [0, 0.1) is 0 Å². The third kappa shape index (κ3) is 6.19. The number of benzene rings is 2. The number of methoxy groups -OCH3 is 1. The maximum absolute atomic E-state index is 13.3. The first-order chi connectivity index (χ1) is 17.4. The van der Waals surface area contributed by atoms with Crippen molar-refractivity contribution in [2.24, 2.45) is 0 Å². The number of carbonyl (C=O) groups is 1. The highest BCUT2D eigenvalue weighted by atomic mass is 32.2. The smallest absolute Gasteiger partial charge is 0.229 e. The minimum absolute atomic E-state index is 0.0700. The molecule has 0 saturated carbocycles. The van der Waals surface area contributed by atoms with Gasteiger partial charge in [-0.15, -0.1) is 0 Å². The summed E-state index contributed by atoms with van der Waals surface area (Å²) in [5.74, 6) is 1.00. The zero-order valence-electron chi connectivity index (χ0n) is 20.1. The van der Waals surface area contributed by atoms with Gasteiger partial charge in [-0.1, -0.05) is 11.3 Å². The standard InChI is InChI=1S/C26H27N3O5S2/c1-3-34-21-8-11-23-24(17-21)35-26(28-23)29(18-19-12-14-27-15-13-19)25(30)5-4-16-36(31,32)22-9-6-20(33-2)7-10-22/h6-15,17H,3-5,16,18H2,1-2H3. The van der Waals surface area contributed by atoms with Crippen LogP contribution in [0.25, 0.3) is 10.2 Å². The molecular weight excluding hydrogens is 498 g/mol. The summed E-state index contributed by atoms with van der Waals surface area (Å²) in [5, 5.41) is 0.554. The number of hydrogen-bond donors (Lipinski definition) is 0. The molecule has 2 aromatic carbocycles. The van der Waals surface area contributed by atoms with Gasteiger partial charge in [0.2, 0.25) is 5.91 Å². The van der Waals surface area contributed by atoms with Crippen LogP contribution in [-0.2, 0) is 21.2 Å². The van der Waals surface area contributed by atoms with E-state index in [1.807, 2.05) is 37.3 Å². The SMILES string of the molecule is CCOc1ccc2nc(N(Cc3ccncc3)C(=O)CCCS(=O)(=O)c3ccc(OC)cc3)sc2c1. The van der Waals surface area contributed by atoms with Crippen molar-refractivity contribution < 1.29 is 22.7 Å². The fourth-order valence-electron chi connectivity index (χ4n) is 3.65. The molecule has 0 bridgehead atoms. The van der Waals surface area contributed by atoms with E-state index >= 15 is 0 Å². The average molecular weight is 526 g/mol. The minimum atomic E-state index is -3.52. The number of rotatable bonds is 11. The number of carbonyl (C=O) groups excluding carboxylic acids is 1. The highest BCUT2D eigenvalue weighted by Crippen LogP contribution is 2.33. The first kappa shape index (κ1) is 25.6. The second-order valence-corrected chi connectivity index (χ2v) is 11.1. The van der Waals surface area contributed by atoms with Crippen molar-refractivity contribution in [3.05, 3.63) is 72.6 Å². The Morgan fingerprint density at radius 2 is 1.75 bits per heavy atom. The van der Waals surface area contributed by atoms with Gasteiger partial charge >= 0.3 is 0 Å². The van der Waals surface area contributed by atoms with E-state index in [4.69, 9.17) is 9.47 Å². The summed E-state index contributed by atoms with van der Waals surface area (Å²) >= 11 is 1.40. The lowest BCUT2D eigenvalue weighted by atomic mass is 10.2. The summed E-state index contributed by atoms with van der Waals surface area (Å²) in [4.78, 5) is 23.9. The molecule has 0 atom stereocenters. The molecule has 10 heteroatoms. The first-order valence-electron chi connectivity index (χ1n) is 11.5. The number of nitrogens with zero attached hydrogens (tertiary/aromatic N) is 3. The fourth-order valence-corrected chi connectivity index (χ4v) is 5.97. The molecule has 0 unspecified atom stereocenters. The predicted octanol–water partition coefficient (Wildman–Crippen LogP) is 4.89. The molecule has 1 amide bonds. The van der Waals surface area contributed by atoms with Crippen LogP contribution in [0.3, 0.4) is 0 Å². The van der Waals surface area contributed by atoms with E-state index in [9.17, 15) is 13.2 Å². The van der Waals surface area contributed by atoms with Crippen LogP contribution in [0.15, 0.2) is 71.9 Å². The summed E-state index contributed by atoms with van der Waals surface area (Å²) < 4.78 is 37.1. The second-order valence-electron chi connectivity index (χ2n) is 7.99. The molecule has 4 aromatic rings. The van der Waals surface area contributed by atoms with E-state index in [1.54, 1.807) is 29.4 Å². The van der Waals surface area contributed by atoms with Crippen LogP contribution >= 0.6 is 11.3 Å². The molecule has 2 heterocycles. The van der Waals surface area contributed by atoms with Gasteiger partial charge in [0.15, 0.2) is 15.0 Å². The molecule has 4 rings (SSSR count). The molecule has 0 saturated heterocycles. The molecule has 0 spiro atoms. The Hall–Kier alpha value is -3.50. The number of amides is 1. The monoisotopic (exact) mass is 525 g/mol. The summed E-state index contributed by atoms with van der Waals surface area (Å²) in [5.41, 5.74) is 1.67. The average Bonchev–Trinajstić information content (AvgIpc) is 3.31. The molecule has 0 fully saturated rings. The lowest BCUT2D eigenvalue weighted by molar-refractivity contribution is -0.118. The number of fused-ring (bicyclic) bond motifs is 1. The molecule has 0 aliphatic heterocycles. The van der Waals surface area contributed by atoms with E-state index in [0.29, 0.717) is 24.0 Å². The normalized spacial score (nSPS) is 11.4. The van der Waals surface area contributed by atoms with Crippen molar-refractivity contribution in [2.45, 2.75) is 31.2 Å². The second kappa shape index (κ2) is 11.5. The van der Waals surface area contributed by atoms with Gasteiger partial charge in [0.05, 0.1) is 41.1 Å². The number of sulfone groups is 1. The topological polar surface area (TPSA) is 98.7 Å². The maximum Gasteiger partial charge on any atom is 0.229 e. The Kier molecular flexibility index (Phi) is 8.17. The highest BCUT2D eigenvalue weighted by molar-refractivity contribution is 7.91. The third-order valence-electron chi connectivity index (χ3n) is 5.50. The van der Waals surface area contributed by atoms with Crippen molar-refractivity contribution in [3.8, 4) is 11.5 Å². The first-order valence-corrected chi connectivity index (χ1v) is 14.0. The van der Waals surface area contributed by atoms with Crippen molar-refractivity contribution in [3.63, 3.8) is 0 Å². The van der Waals surface area contributed by atoms with Crippen LogP contribution in [0.5, 0.6) is 11.5 Å². The van der Waals surface area contributed by atoms with Gasteiger partial charge in [-0.2, -0.15) is 0 Å². The number of anilines is 1. The Morgan fingerprint density at radius 1 is 1.03 bits per heavy atom. The van der Waals surface area contributed by atoms with E-state index in [1.165, 1.54) is 30.6 Å². The van der Waals surface area contributed by atoms with Crippen molar-refractivity contribution in [1.82, 2.24) is 9.97 Å². The summed E-state index contributed by atoms with van der Waals surface area (Å²) in [6.07, 6.45) is 3.61. The molecule has 0 N–H and O–H groups in total. The zero-order chi connectivity index (χ0) is 25.5. The molecule has 8 nitrogen and oxygen atoms in total. The third-order valence-corrected chi connectivity index (χ3v) is 8.36. The largest absolute Gasteiger partial charge is 0.497 e. The molecular formula is C26H27N3O5S2. The van der Waals surface area contributed by atoms with E-state index in [0.717, 1.165) is 21.5 Å². The van der Waals surface area contributed by atoms with Crippen LogP contribution in [-0.4, -0.2) is 43.8 Å². The van der Waals surface area contributed by atoms with Gasteiger partial charge in [0.1, 0.15) is 11.5 Å². The lowest BCUT2D eigenvalue weighted by Crippen LogP contribution is -2.30. The van der Waals surface area contributed by atoms with Gasteiger partial charge in [-0.05, 0) is 73.5 Å². The Bertz CT molecular complexity index is 1420. The zero-order valence-corrected chi connectivity index (χ0v) is 21.7. The molecule has 188 valence electrons.